The molecule has 1 atom stereocenters. The summed E-state index contributed by atoms with van der Waals surface area (Å²) in [4.78, 5) is 39.9. The molecular formula is C23H24ClN3O6. The van der Waals surface area contributed by atoms with E-state index in [4.69, 9.17) is 16.3 Å². The lowest BCUT2D eigenvalue weighted by molar-refractivity contribution is -0.384. The summed E-state index contributed by atoms with van der Waals surface area (Å²) >= 11 is 6.24. The van der Waals surface area contributed by atoms with Crippen LogP contribution in [0.4, 0.5) is 5.69 Å². The lowest BCUT2D eigenvalue weighted by Crippen LogP contribution is -2.35. The smallest absolute Gasteiger partial charge is 0.295 e. The summed E-state index contributed by atoms with van der Waals surface area (Å²) < 4.78 is 5.41. The van der Waals surface area contributed by atoms with Crippen LogP contribution in [0.15, 0.2) is 48.0 Å². The van der Waals surface area contributed by atoms with Crippen molar-refractivity contribution >= 4 is 34.7 Å². The number of hydrogen-bond acceptors (Lipinski definition) is 7. The highest BCUT2D eigenvalue weighted by atomic mass is 35.5. The summed E-state index contributed by atoms with van der Waals surface area (Å²) in [6.07, 6.45) is 0. The van der Waals surface area contributed by atoms with E-state index in [0.29, 0.717) is 24.5 Å². The summed E-state index contributed by atoms with van der Waals surface area (Å²) in [5.41, 5.74) is 0.236. The van der Waals surface area contributed by atoms with Crippen molar-refractivity contribution < 1.29 is 24.4 Å². The van der Waals surface area contributed by atoms with Crippen molar-refractivity contribution in [3.8, 4) is 5.75 Å². The van der Waals surface area contributed by atoms with Crippen LogP contribution in [0.25, 0.3) is 5.76 Å². The molecule has 0 bridgehead atoms. The van der Waals surface area contributed by atoms with Crippen LogP contribution in [-0.2, 0) is 9.59 Å². The molecule has 0 aliphatic carbocycles. The van der Waals surface area contributed by atoms with Gasteiger partial charge in [-0.15, -0.1) is 0 Å². The third-order valence-electron chi connectivity index (χ3n) is 5.23. The van der Waals surface area contributed by atoms with Gasteiger partial charge in [0.15, 0.2) is 0 Å². The first-order valence-electron chi connectivity index (χ1n) is 10.3. The SMILES string of the molecule is CCOc1ccc(C(O)=C2C(=O)C(=O)N(CCN(C)C)C2c2cccc([N+](=O)[O-])c2)cc1Cl. The van der Waals surface area contributed by atoms with Crippen molar-refractivity contribution in [3.63, 3.8) is 0 Å². The number of ketones is 1. The zero-order chi connectivity index (χ0) is 24.3. The molecule has 0 radical (unpaired) electrons. The Balaban J connectivity index is 2.17. The lowest BCUT2D eigenvalue weighted by atomic mass is 9.95. The van der Waals surface area contributed by atoms with E-state index in [2.05, 4.69) is 0 Å². The summed E-state index contributed by atoms with van der Waals surface area (Å²) in [5, 5.41) is 22.6. The predicted octanol–water partition coefficient (Wildman–Crippen LogP) is 3.63. The van der Waals surface area contributed by atoms with E-state index in [1.54, 1.807) is 19.1 Å². The van der Waals surface area contributed by atoms with Gasteiger partial charge >= 0.3 is 0 Å². The van der Waals surface area contributed by atoms with E-state index in [1.807, 2.05) is 19.0 Å². The lowest BCUT2D eigenvalue weighted by Gasteiger charge is -2.26. The van der Waals surface area contributed by atoms with Crippen molar-refractivity contribution in [1.29, 1.82) is 0 Å². The number of aliphatic hydroxyl groups excluding tert-OH is 1. The fraction of sp³-hybridized carbons (Fsp3) is 0.304. The van der Waals surface area contributed by atoms with Crippen LogP contribution >= 0.6 is 11.6 Å². The van der Waals surface area contributed by atoms with Crippen LogP contribution in [0.3, 0.4) is 0 Å². The van der Waals surface area contributed by atoms with E-state index in [-0.39, 0.29) is 28.4 Å². The molecule has 0 spiro atoms. The van der Waals surface area contributed by atoms with E-state index in [9.17, 15) is 24.8 Å². The minimum Gasteiger partial charge on any atom is -0.507 e. The molecule has 1 saturated heterocycles. The molecule has 0 aromatic heterocycles. The molecule has 1 N–H and O–H groups in total. The molecule has 1 heterocycles. The molecular weight excluding hydrogens is 450 g/mol. The number of likely N-dealkylation sites (N-methyl/N-ethyl adjacent to an activating group) is 1. The van der Waals surface area contributed by atoms with Crippen molar-refractivity contribution in [2.45, 2.75) is 13.0 Å². The number of non-ortho nitro benzene ring substituents is 1. The number of carbonyl (C=O) groups excluding carboxylic acids is 2. The van der Waals surface area contributed by atoms with Crippen LogP contribution in [0, 0.1) is 10.1 Å². The number of carbonyl (C=O) groups is 2. The Morgan fingerprint density at radius 2 is 1.97 bits per heavy atom. The average Bonchev–Trinajstić information content (AvgIpc) is 3.03. The Morgan fingerprint density at radius 1 is 1.24 bits per heavy atom. The van der Waals surface area contributed by atoms with E-state index in [0.717, 1.165) is 0 Å². The number of Topliss-reactive ketones (excluding diaryl/α,β-unsaturated/α-hetero) is 1. The fourth-order valence-electron chi connectivity index (χ4n) is 3.65. The number of aliphatic hydroxyl groups is 1. The molecule has 1 amide bonds. The molecule has 174 valence electrons. The number of halogens is 1. The number of nitro groups is 1. The number of amides is 1. The van der Waals surface area contributed by atoms with Crippen LogP contribution < -0.4 is 4.74 Å². The normalized spacial score (nSPS) is 17.6. The molecule has 1 aliphatic heterocycles. The molecule has 2 aromatic carbocycles. The van der Waals surface area contributed by atoms with Gasteiger partial charge in [0.05, 0.1) is 28.2 Å². The molecule has 9 nitrogen and oxygen atoms in total. The first-order chi connectivity index (χ1) is 15.6. The molecule has 0 saturated carbocycles. The number of rotatable bonds is 8. The largest absolute Gasteiger partial charge is 0.507 e. The van der Waals surface area contributed by atoms with Crippen LogP contribution in [-0.4, -0.2) is 65.3 Å². The molecule has 10 heteroatoms. The third-order valence-corrected chi connectivity index (χ3v) is 5.53. The zero-order valence-electron chi connectivity index (χ0n) is 18.4. The highest BCUT2D eigenvalue weighted by Gasteiger charge is 2.46. The number of hydrogen-bond donors (Lipinski definition) is 1. The van der Waals surface area contributed by atoms with Gasteiger partial charge < -0.3 is 19.6 Å². The highest BCUT2D eigenvalue weighted by Crippen LogP contribution is 2.40. The van der Waals surface area contributed by atoms with Gasteiger partial charge in [-0.2, -0.15) is 0 Å². The van der Waals surface area contributed by atoms with Gasteiger partial charge in [0.2, 0.25) is 0 Å². The standard InChI is InChI=1S/C23H24ClN3O6/c1-4-33-18-9-8-15(13-17(18)24)21(28)19-20(14-6-5-7-16(12-14)27(31)32)26(11-10-25(2)3)23(30)22(19)29/h5-9,12-13,20,28H,4,10-11H2,1-3H3. The van der Waals surface area contributed by atoms with Crippen molar-refractivity contribution in [2.24, 2.45) is 0 Å². The van der Waals surface area contributed by atoms with E-state index in [1.165, 1.54) is 35.2 Å². The Morgan fingerprint density at radius 3 is 2.58 bits per heavy atom. The van der Waals surface area contributed by atoms with Gasteiger partial charge in [-0.25, -0.2) is 0 Å². The van der Waals surface area contributed by atoms with Gasteiger partial charge in [0, 0.05) is 30.8 Å². The zero-order valence-corrected chi connectivity index (χ0v) is 19.2. The van der Waals surface area contributed by atoms with Crippen LogP contribution in [0.2, 0.25) is 5.02 Å². The number of ether oxygens (including phenoxy) is 1. The summed E-state index contributed by atoms with van der Waals surface area (Å²) in [6, 6.07) is 9.24. The Kier molecular flexibility index (Phi) is 7.35. The third kappa shape index (κ3) is 4.99. The van der Waals surface area contributed by atoms with Gasteiger partial charge in [-0.05, 0) is 44.8 Å². The minimum absolute atomic E-state index is 0.153. The van der Waals surface area contributed by atoms with Gasteiger partial charge in [0.1, 0.15) is 11.5 Å². The number of benzene rings is 2. The summed E-state index contributed by atoms with van der Waals surface area (Å²) in [6.45, 7) is 2.84. The predicted molar refractivity (Wildman–Crippen MR) is 123 cm³/mol. The van der Waals surface area contributed by atoms with Crippen molar-refractivity contribution in [1.82, 2.24) is 9.80 Å². The molecule has 3 rings (SSSR count). The number of nitro benzene ring substituents is 1. The Bertz CT molecular complexity index is 1130. The highest BCUT2D eigenvalue weighted by molar-refractivity contribution is 6.46. The Labute approximate surface area is 196 Å². The molecule has 1 aliphatic rings. The topological polar surface area (TPSA) is 113 Å². The second-order valence-electron chi connectivity index (χ2n) is 7.73. The maximum atomic E-state index is 13.0. The first-order valence-corrected chi connectivity index (χ1v) is 10.6. The van der Waals surface area contributed by atoms with Gasteiger partial charge in [-0.3, -0.25) is 19.7 Å². The van der Waals surface area contributed by atoms with E-state index >= 15 is 0 Å². The van der Waals surface area contributed by atoms with Crippen molar-refractivity contribution in [3.05, 3.63) is 74.3 Å². The monoisotopic (exact) mass is 473 g/mol. The number of nitrogens with zero attached hydrogens (tertiary/aromatic N) is 3. The fourth-order valence-corrected chi connectivity index (χ4v) is 3.88. The van der Waals surface area contributed by atoms with Crippen molar-refractivity contribution in [2.75, 3.05) is 33.8 Å². The number of likely N-dealkylation sites (tertiary alicyclic amines) is 1. The van der Waals surface area contributed by atoms with Crippen LogP contribution in [0.5, 0.6) is 5.75 Å². The minimum atomic E-state index is -0.991. The second kappa shape index (κ2) is 10.0. The Hall–Kier alpha value is -3.43. The van der Waals surface area contributed by atoms with E-state index < -0.39 is 28.4 Å². The molecule has 2 aromatic rings. The quantitative estimate of drug-likeness (QED) is 0.205. The second-order valence-corrected chi connectivity index (χ2v) is 8.13. The molecule has 33 heavy (non-hydrogen) atoms. The van der Waals surface area contributed by atoms with Crippen LogP contribution in [0.1, 0.15) is 24.1 Å². The van der Waals surface area contributed by atoms with Gasteiger partial charge in [-0.1, -0.05) is 23.7 Å². The first kappa shape index (κ1) is 24.2. The summed E-state index contributed by atoms with van der Waals surface area (Å²) in [7, 11) is 3.64. The van der Waals surface area contributed by atoms with Gasteiger partial charge in [0.25, 0.3) is 17.4 Å². The maximum absolute atomic E-state index is 13.0. The molecule has 1 fully saturated rings. The molecule has 1 unspecified atom stereocenters. The average molecular weight is 474 g/mol. The summed E-state index contributed by atoms with van der Waals surface area (Å²) in [5.74, 6) is -1.65. The maximum Gasteiger partial charge on any atom is 0.295 e.